The Morgan fingerprint density at radius 3 is 1.90 bits per heavy atom. The highest BCUT2D eigenvalue weighted by molar-refractivity contribution is 14.1. The first-order valence-electron chi connectivity index (χ1n) is 3.66. The first-order chi connectivity index (χ1) is 4.34. The predicted molar refractivity (Wildman–Crippen MR) is 53.6 cm³/mol. The van der Waals surface area contributed by atoms with Crippen LogP contribution in [0.2, 0.25) is 0 Å². The van der Waals surface area contributed by atoms with Crippen molar-refractivity contribution >= 4 is 22.6 Å². The van der Waals surface area contributed by atoms with Crippen LogP contribution < -0.4 is 0 Å². The Morgan fingerprint density at radius 2 is 1.80 bits per heavy atom. The molecule has 0 spiro atoms. The molecule has 0 saturated heterocycles. The quantitative estimate of drug-likeness (QED) is 0.594. The number of hydrogen-bond donors (Lipinski definition) is 1. The molecule has 10 heavy (non-hydrogen) atoms. The van der Waals surface area contributed by atoms with Gasteiger partial charge in [0.2, 0.25) is 0 Å². The molecule has 0 amide bonds. The van der Waals surface area contributed by atoms with Crippen molar-refractivity contribution in [3.8, 4) is 0 Å². The Morgan fingerprint density at radius 1 is 1.40 bits per heavy atom. The molecule has 0 fully saturated rings. The minimum Gasteiger partial charge on any atom is -0.393 e. The first kappa shape index (κ1) is 10.7. The molecule has 0 aliphatic heterocycles. The summed E-state index contributed by atoms with van der Waals surface area (Å²) in [7, 11) is 0. The minimum atomic E-state index is -0.166. The lowest BCUT2D eigenvalue weighted by molar-refractivity contribution is 0.170. The topological polar surface area (TPSA) is 20.2 Å². The van der Waals surface area contributed by atoms with Gasteiger partial charge in [-0.1, -0.05) is 43.4 Å². The fourth-order valence-corrected chi connectivity index (χ4v) is 1.39. The zero-order valence-electron chi connectivity index (χ0n) is 7.19. The number of alkyl halides is 1. The summed E-state index contributed by atoms with van der Waals surface area (Å²) >= 11 is 2.40. The molecule has 1 nitrogen and oxygen atoms in total. The summed E-state index contributed by atoms with van der Waals surface area (Å²) in [5, 5.41) is 9.08. The van der Waals surface area contributed by atoms with E-state index in [1.54, 1.807) is 0 Å². The highest BCUT2D eigenvalue weighted by atomic mass is 127. The van der Waals surface area contributed by atoms with Gasteiger partial charge in [-0.3, -0.25) is 0 Å². The summed E-state index contributed by atoms with van der Waals surface area (Å²) in [5.74, 6) is 0. The van der Waals surface area contributed by atoms with Crippen LogP contribution in [0.15, 0.2) is 0 Å². The van der Waals surface area contributed by atoms with Crippen molar-refractivity contribution in [2.45, 2.75) is 44.1 Å². The highest BCUT2D eigenvalue weighted by Gasteiger charge is 2.22. The maximum atomic E-state index is 9.08. The molecule has 2 atom stereocenters. The summed E-state index contributed by atoms with van der Waals surface area (Å²) < 4.78 is 0.560. The van der Waals surface area contributed by atoms with Crippen LogP contribution >= 0.6 is 22.6 Å². The molecule has 0 saturated carbocycles. The van der Waals surface area contributed by atoms with Crippen LogP contribution in [-0.4, -0.2) is 15.1 Å². The molecule has 0 rings (SSSR count). The summed E-state index contributed by atoms with van der Waals surface area (Å²) in [5.41, 5.74) is 0.317. The van der Waals surface area contributed by atoms with Gasteiger partial charge in [-0.2, -0.15) is 0 Å². The monoisotopic (exact) mass is 256 g/mol. The van der Waals surface area contributed by atoms with E-state index in [4.69, 9.17) is 5.11 Å². The van der Waals surface area contributed by atoms with Crippen LogP contribution in [0.3, 0.4) is 0 Å². The molecule has 1 unspecified atom stereocenters. The molecular weight excluding hydrogens is 239 g/mol. The van der Waals surface area contributed by atoms with Crippen LogP contribution in [0.4, 0.5) is 0 Å². The Balaban J connectivity index is 3.73. The second-order valence-electron chi connectivity index (χ2n) is 3.92. The van der Waals surface area contributed by atoms with Crippen molar-refractivity contribution in [2.75, 3.05) is 0 Å². The Labute approximate surface area is 77.3 Å². The first-order valence-corrected chi connectivity index (χ1v) is 4.90. The molecule has 0 radical (unpaired) electrons. The molecule has 0 aromatic carbocycles. The molecule has 0 bridgehead atoms. The van der Waals surface area contributed by atoms with Gasteiger partial charge >= 0.3 is 0 Å². The normalized spacial score (nSPS) is 18.6. The molecular formula is C8H17IO. The van der Waals surface area contributed by atoms with E-state index in [2.05, 4.69) is 43.4 Å². The smallest absolute Gasteiger partial charge is 0.0522 e. The van der Waals surface area contributed by atoms with Crippen molar-refractivity contribution in [1.82, 2.24) is 0 Å². The van der Waals surface area contributed by atoms with Crippen LogP contribution in [0, 0.1) is 5.41 Å². The van der Waals surface area contributed by atoms with Crippen molar-refractivity contribution in [1.29, 1.82) is 0 Å². The maximum absolute atomic E-state index is 9.08. The fourth-order valence-electron chi connectivity index (χ4n) is 0.653. The van der Waals surface area contributed by atoms with Gasteiger partial charge in [-0.25, -0.2) is 0 Å². The molecule has 0 aliphatic rings. The average molecular weight is 256 g/mol. The second-order valence-corrected chi connectivity index (χ2v) is 5.42. The van der Waals surface area contributed by atoms with Crippen LogP contribution in [0.1, 0.15) is 34.1 Å². The molecule has 0 aromatic rings. The van der Waals surface area contributed by atoms with Gasteiger partial charge in [0.15, 0.2) is 0 Å². The lowest BCUT2D eigenvalue weighted by atomic mass is 9.89. The second kappa shape index (κ2) is 3.90. The van der Waals surface area contributed by atoms with Crippen molar-refractivity contribution < 1.29 is 5.11 Å². The molecule has 2 heteroatoms. The van der Waals surface area contributed by atoms with Crippen LogP contribution in [0.25, 0.3) is 0 Å². The Kier molecular flexibility index (Phi) is 4.17. The molecule has 0 aromatic heterocycles. The highest BCUT2D eigenvalue weighted by Crippen LogP contribution is 2.29. The third-order valence-corrected chi connectivity index (χ3v) is 3.86. The SMILES string of the molecule is C[C@H](O)CC(I)C(C)(C)C. The van der Waals surface area contributed by atoms with Crippen LogP contribution in [0.5, 0.6) is 0 Å². The zero-order chi connectivity index (χ0) is 8.36. The zero-order valence-corrected chi connectivity index (χ0v) is 9.34. The molecule has 0 heterocycles. The van der Waals surface area contributed by atoms with E-state index in [9.17, 15) is 0 Å². The number of aliphatic hydroxyl groups is 1. The molecule has 0 aliphatic carbocycles. The van der Waals surface area contributed by atoms with Crippen molar-refractivity contribution in [3.63, 3.8) is 0 Å². The van der Waals surface area contributed by atoms with E-state index >= 15 is 0 Å². The van der Waals surface area contributed by atoms with Gasteiger partial charge in [0.25, 0.3) is 0 Å². The Hall–Kier alpha value is 0.690. The summed E-state index contributed by atoms with van der Waals surface area (Å²) in [6.45, 7) is 8.45. The van der Waals surface area contributed by atoms with E-state index in [1.807, 2.05) is 6.92 Å². The Bertz CT molecular complexity index is 93.9. The van der Waals surface area contributed by atoms with Gasteiger partial charge in [-0.15, -0.1) is 0 Å². The lowest BCUT2D eigenvalue weighted by Crippen LogP contribution is -2.23. The lowest BCUT2D eigenvalue weighted by Gasteiger charge is -2.26. The average Bonchev–Trinajstić information content (AvgIpc) is 1.60. The maximum Gasteiger partial charge on any atom is 0.0522 e. The molecule has 62 valence electrons. The standard InChI is InChI=1S/C8H17IO/c1-6(10)5-7(9)8(2,3)4/h6-7,10H,5H2,1-4H3/t6-,7?/m0/s1. The van der Waals surface area contributed by atoms with E-state index in [0.717, 1.165) is 6.42 Å². The van der Waals surface area contributed by atoms with E-state index in [0.29, 0.717) is 9.34 Å². The van der Waals surface area contributed by atoms with Gasteiger partial charge in [0, 0.05) is 3.92 Å². The van der Waals surface area contributed by atoms with E-state index in [1.165, 1.54) is 0 Å². The van der Waals surface area contributed by atoms with E-state index in [-0.39, 0.29) is 6.10 Å². The predicted octanol–water partition coefficient (Wildman–Crippen LogP) is 2.61. The fraction of sp³-hybridized carbons (Fsp3) is 1.00. The number of halogens is 1. The van der Waals surface area contributed by atoms with Gasteiger partial charge in [-0.05, 0) is 18.8 Å². The molecule has 1 N–H and O–H groups in total. The van der Waals surface area contributed by atoms with Crippen molar-refractivity contribution in [3.05, 3.63) is 0 Å². The third-order valence-electron chi connectivity index (χ3n) is 1.49. The number of aliphatic hydroxyl groups excluding tert-OH is 1. The number of hydrogen-bond acceptors (Lipinski definition) is 1. The largest absolute Gasteiger partial charge is 0.393 e. The van der Waals surface area contributed by atoms with Crippen molar-refractivity contribution in [2.24, 2.45) is 5.41 Å². The van der Waals surface area contributed by atoms with Crippen LogP contribution in [-0.2, 0) is 0 Å². The van der Waals surface area contributed by atoms with Gasteiger partial charge < -0.3 is 5.11 Å². The summed E-state index contributed by atoms with van der Waals surface area (Å²) in [6.07, 6.45) is 0.727. The summed E-state index contributed by atoms with van der Waals surface area (Å²) in [6, 6.07) is 0. The number of rotatable bonds is 2. The minimum absolute atomic E-state index is 0.166. The summed E-state index contributed by atoms with van der Waals surface area (Å²) in [4.78, 5) is 0. The third kappa shape index (κ3) is 4.50. The van der Waals surface area contributed by atoms with Gasteiger partial charge in [0.1, 0.15) is 0 Å². The van der Waals surface area contributed by atoms with Gasteiger partial charge in [0.05, 0.1) is 6.10 Å². The van der Waals surface area contributed by atoms with E-state index < -0.39 is 0 Å².